The van der Waals surface area contributed by atoms with Crippen LogP contribution in [0.5, 0.6) is 11.5 Å². The molecule has 34 heavy (non-hydrogen) atoms. The maximum absolute atomic E-state index is 13.3. The van der Waals surface area contributed by atoms with E-state index in [1.165, 1.54) is 0 Å². The van der Waals surface area contributed by atoms with Crippen molar-refractivity contribution in [1.82, 2.24) is 5.43 Å². The summed E-state index contributed by atoms with van der Waals surface area (Å²) in [5, 5.41) is 7.47. The molecule has 1 aromatic heterocycles. The predicted molar refractivity (Wildman–Crippen MR) is 131 cm³/mol. The van der Waals surface area contributed by atoms with Gasteiger partial charge in [-0.05, 0) is 49.1 Å². The van der Waals surface area contributed by atoms with Crippen LogP contribution in [-0.4, -0.2) is 17.6 Å². The zero-order chi connectivity index (χ0) is 24.5. The number of rotatable bonds is 5. The van der Waals surface area contributed by atoms with E-state index in [-0.39, 0.29) is 11.2 Å². The van der Waals surface area contributed by atoms with Crippen LogP contribution in [-0.2, 0) is 6.42 Å². The molecule has 4 N–H and O–H groups in total. The van der Waals surface area contributed by atoms with Crippen molar-refractivity contribution >= 4 is 34.9 Å². The van der Waals surface area contributed by atoms with Crippen LogP contribution in [0.3, 0.4) is 0 Å². The number of hydrazone groups is 1. The zero-order valence-electron chi connectivity index (χ0n) is 19.1. The molecule has 0 atom stereocenters. The number of nitrogens with two attached hydrogens (primary N) is 1. The SMILES string of the molecule is Cc1c(C(=O)Nc2cc(Cl)ccc2Oc2ccccc2)oc2c1/C(=N\NC(N)=O)CC(C)(C)C2. The third-order valence-electron chi connectivity index (χ3n) is 5.46. The smallest absolute Gasteiger partial charge is 0.332 e. The Morgan fingerprint density at radius 1 is 1.15 bits per heavy atom. The normalized spacial score (nSPS) is 15.5. The lowest BCUT2D eigenvalue weighted by Gasteiger charge is -2.29. The van der Waals surface area contributed by atoms with Gasteiger partial charge in [0, 0.05) is 22.6 Å². The molecule has 0 unspecified atom stereocenters. The Bertz CT molecular complexity index is 1280. The second-order valence-corrected chi connectivity index (χ2v) is 9.35. The van der Waals surface area contributed by atoms with Gasteiger partial charge in [-0.2, -0.15) is 5.10 Å². The van der Waals surface area contributed by atoms with Crippen LogP contribution in [0, 0.1) is 12.3 Å². The number of urea groups is 1. The predicted octanol–water partition coefficient (Wildman–Crippen LogP) is 5.63. The number of ether oxygens (including phenoxy) is 1. The first kappa shape index (κ1) is 23.4. The molecule has 0 spiro atoms. The molecular formula is C25H25ClN4O4. The first-order valence-corrected chi connectivity index (χ1v) is 11.1. The number of carbonyl (C=O) groups is 2. The van der Waals surface area contributed by atoms with Crippen molar-refractivity contribution in [3.8, 4) is 11.5 Å². The highest BCUT2D eigenvalue weighted by Crippen LogP contribution is 2.39. The van der Waals surface area contributed by atoms with Crippen LogP contribution in [0.15, 0.2) is 58.0 Å². The molecule has 176 valence electrons. The Hall–Kier alpha value is -3.78. The van der Waals surface area contributed by atoms with E-state index < -0.39 is 11.9 Å². The Morgan fingerprint density at radius 3 is 2.59 bits per heavy atom. The number of fused-ring (bicyclic) bond motifs is 1. The summed E-state index contributed by atoms with van der Waals surface area (Å²) < 4.78 is 12.0. The summed E-state index contributed by atoms with van der Waals surface area (Å²) >= 11 is 6.18. The number of carbonyl (C=O) groups excluding carboxylic acids is 2. The number of halogens is 1. The molecule has 0 fully saturated rings. The molecule has 9 heteroatoms. The van der Waals surface area contributed by atoms with Gasteiger partial charge in [0.15, 0.2) is 11.5 Å². The minimum Gasteiger partial charge on any atom is -0.455 e. The van der Waals surface area contributed by atoms with E-state index in [1.54, 1.807) is 25.1 Å². The highest BCUT2D eigenvalue weighted by atomic mass is 35.5. The summed E-state index contributed by atoms with van der Waals surface area (Å²) in [5.74, 6) is 1.39. The number of amides is 3. The fraction of sp³-hybridized carbons (Fsp3) is 0.240. The Kier molecular flexibility index (Phi) is 6.34. The van der Waals surface area contributed by atoms with Gasteiger partial charge in [-0.1, -0.05) is 43.6 Å². The number of anilines is 1. The third kappa shape index (κ3) is 5.07. The molecule has 0 saturated heterocycles. The topological polar surface area (TPSA) is 119 Å². The zero-order valence-corrected chi connectivity index (χ0v) is 19.8. The van der Waals surface area contributed by atoms with Crippen molar-refractivity contribution in [2.45, 2.75) is 33.6 Å². The molecule has 3 aromatic rings. The molecule has 3 amide bonds. The number of nitrogens with one attached hydrogen (secondary N) is 2. The Morgan fingerprint density at radius 2 is 1.88 bits per heavy atom. The van der Waals surface area contributed by atoms with Gasteiger partial charge >= 0.3 is 6.03 Å². The first-order chi connectivity index (χ1) is 16.1. The summed E-state index contributed by atoms with van der Waals surface area (Å²) in [7, 11) is 0. The van der Waals surface area contributed by atoms with Crippen molar-refractivity contribution < 1.29 is 18.7 Å². The van der Waals surface area contributed by atoms with Gasteiger partial charge in [-0.25, -0.2) is 10.2 Å². The number of hydrogen-bond donors (Lipinski definition) is 3. The molecular weight excluding hydrogens is 456 g/mol. The number of primary amides is 1. The van der Waals surface area contributed by atoms with Crippen molar-refractivity contribution in [2.24, 2.45) is 16.3 Å². The summed E-state index contributed by atoms with van der Waals surface area (Å²) in [4.78, 5) is 24.5. The highest BCUT2D eigenvalue weighted by Gasteiger charge is 2.36. The lowest BCUT2D eigenvalue weighted by atomic mass is 9.75. The third-order valence-corrected chi connectivity index (χ3v) is 5.70. The largest absolute Gasteiger partial charge is 0.455 e. The van der Waals surface area contributed by atoms with Gasteiger partial charge in [-0.3, -0.25) is 4.79 Å². The molecule has 1 heterocycles. The van der Waals surface area contributed by atoms with E-state index in [0.29, 0.717) is 57.6 Å². The van der Waals surface area contributed by atoms with Crippen LogP contribution in [0.4, 0.5) is 10.5 Å². The van der Waals surface area contributed by atoms with Crippen molar-refractivity contribution in [3.63, 3.8) is 0 Å². The standard InChI is InChI=1S/C25H25ClN4O4/c1-14-21-18(29-30-24(27)32)12-25(2,3)13-20(21)34-22(14)23(31)28-17-11-15(26)9-10-19(17)33-16-7-5-4-6-8-16/h4-11H,12-13H2,1-3H3,(H,28,31)(H3,27,30,32)/b29-18-. The van der Waals surface area contributed by atoms with Gasteiger partial charge in [-0.15, -0.1) is 0 Å². The molecule has 2 aromatic carbocycles. The van der Waals surface area contributed by atoms with Crippen molar-refractivity contribution in [3.05, 3.63) is 76.2 Å². The minimum absolute atomic E-state index is 0.153. The minimum atomic E-state index is -0.761. The van der Waals surface area contributed by atoms with E-state index in [0.717, 1.165) is 0 Å². The van der Waals surface area contributed by atoms with E-state index >= 15 is 0 Å². The maximum Gasteiger partial charge on any atom is 0.332 e. The number of benzene rings is 2. The Balaban J connectivity index is 1.66. The summed E-state index contributed by atoms with van der Waals surface area (Å²) in [6.07, 6.45) is 1.21. The average molecular weight is 481 g/mol. The molecule has 1 aliphatic rings. The van der Waals surface area contributed by atoms with Crippen molar-refractivity contribution in [1.29, 1.82) is 0 Å². The fourth-order valence-corrected chi connectivity index (χ4v) is 4.20. The quantitative estimate of drug-likeness (QED) is 0.410. The average Bonchev–Trinajstić information content (AvgIpc) is 3.09. The van der Waals surface area contributed by atoms with Gasteiger partial charge in [0.1, 0.15) is 11.5 Å². The monoisotopic (exact) mass is 480 g/mol. The molecule has 1 aliphatic carbocycles. The first-order valence-electron chi connectivity index (χ1n) is 10.7. The lowest BCUT2D eigenvalue weighted by Crippen LogP contribution is -2.31. The summed E-state index contributed by atoms with van der Waals surface area (Å²) in [6, 6.07) is 13.4. The van der Waals surface area contributed by atoms with Crippen LogP contribution in [0.25, 0.3) is 0 Å². The van der Waals surface area contributed by atoms with E-state index in [4.69, 9.17) is 26.5 Å². The molecule has 0 aliphatic heterocycles. The molecule has 4 rings (SSSR count). The number of furan rings is 1. The van der Waals surface area contributed by atoms with E-state index in [1.807, 2.05) is 30.3 Å². The van der Waals surface area contributed by atoms with E-state index in [9.17, 15) is 9.59 Å². The van der Waals surface area contributed by atoms with Crippen molar-refractivity contribution in [2.75, 3.05) is 5.32 Å². The fourth-order valence-electron chi connectivity index (χ4n) is 4.03. The summed E-state index contributed by atoms with van der Waals surface area (Å²) in [6.45, 7) is 5.91. The lowest BCUT2D eigenvalue weighted by molar-refractivity contribution is 0.0992. The summed E-state index contributed by atoms with van der Waals surface area (Å²) in [5.41, 5.74) is 9.66. The van der Waals surface area contributed by atoms with Gasteiger partial charge in [0.2, 0.25) is 0 Å². The molecule has 0 radical (unpaired) electrons. The van der Waals surface area contributed by atoms with Crippen LogP contribution < -0.4 is 21.2 Å². The highest BCUT2D eigenvalue weighted by molar-refractivity contribution is 6.31. The molecule has 0 bridgehead atoms. The Labute approximate surface area is 202 Å². The number of hydrogen-bond acceptors (Lipinski definition) is 5. The second kappa shape index (κ2) is 9.23. The van der Waals surface area contributed by atoms with Gasteiger partial charge < -0.3 is 20.2 Å². The van der Waals surface area contributed by atoms with Crippen LogP contribution in [0.1, 0.15) is 47.7 Å². The molecule has 0 saturated carbocycles. The maximum atomic E-state index is 13.3. The number of para-hydroxylation sites is 1. The second-order valence-electron chi connectivity index (χ2n) is 8.92. The number of nitrogens with zero attached hydrogens (tertiary/aromatic N) is 1. The van der Waals surface area contributed by atoms with Gasteiger partial charge in [0.05, 0.1) is 11.4 Å². The van der Waals surface area contributed by atoms with E-state index in [2.05, 4.69) is 29.7 Å². The van der Waals surface area contributed by atoms with Crippen LogP contribution in [0.2, 0.25) is 5.02 Å². The molecule has 8 nitrogen and oxygen atoms in total. The van der Waals surface area contributed by atoms with Gasteiger partial charge in [0.25, 0.3) is 5.91 Å². The van der Waals surface area contributed by atoms with Crippen LogP contribution >= 0.6 is 11.6 Å².